The predicted molar refractivity (Wildman–Crippen MR) is 73.8 cm³/mol. The van der Waals surface area contributed by atoms with Gasteiger partial charge in [0.2, 0.25) is 0 Å². The van der Waals surface area contributed by atoms with E-state index in [4.69, 9.17) is 4.74 Å². The Morgan fingerprint density at radius 2 is 2.17 bits per heavy atom. The minimum Gasteiger partial charge on any atom is -0.381 e. The largest absolute Gasteiger partial charge is 0.381 e. The maximum absolute atomic E-state index is 12.7. The molecule has 1 aromatic carbocycles. The van der Waals surface area contributed by atoms with Crippen LogP contribution in [0.5, 0.6) is 0 Å². The summed E-state index contributed by atoms with van der Waals surface area (Å²) in [6.07, 6.45) is 2.94. The third kappa shape index (κ3) is 1.68. The molecule has 0 aliphatic heterocycles. The highest BCUT2D eigenvalue weighted by molar-refractivity contribution is 9.10. The fourth-order valence-corrected chi connectivity index (χ4v) is 4.07. The van der Waals surface area contributed by atoms with Gasteiger partial charge in [0, 0.05) is 22.6 Å². The molecular formula is C15H17BrO2. The molecule has 1 fully saturated rings. The molecule has 0 amide bonds. The van der Waals surface area contributed by atoms with Gasteiger partial charge in [-0.2, -0.15) is 0 Å². The van der Waals surface area contributed by atoms with Crippen molar-refractivity contribution < 1.29 is 9.53 Å². The predicted octanol–water partition coefficient (Wildman–Crippen LogP) is 3.62. The van der Waals surface area contributed by atoms with Crippen LogP contribution in [0.4, 0.5) is 0 Å². The van der Waals surface area contributed by atoms with E-state index in [1.165, 1.54) is 5.56 Å². The third-order valence-electron chi connectivity index (χ3n) is 4.57. The lowest BCUT2D eigenvalue weighted by molar-refractivity contribution is 0.0652. The molecule has 3 unspecified atom stereocenters. The van der Waals surface area contributed by atoms with Gasteiger partial charge in [0.05, 0.1) is 6.10 Å². The minimum atomic E-state index is -0.191. The Morgan fingerprint density at radius 1 is 1.39 bits per heavy atom. The number of fused-ring (bicyclic) bond motifs is 1. The lowest BCUT2D eigenvalue weighted by Crippen LogP contribution is -2.25. The van der Waals surface area contributed by atoms with Crippen LogP contribution in [0.25, 0.3) is 0 Å². The van der Waals surface area contributed by atoms with Crippen LogP contribution in [0.1, 0.15) is 35.7 Å². The van der Waals surface area contributed by atoms with Gasteiger partial charge in [-0.25, -0.2) is 0 Å². The van der Waals surface area contributed by atoms with Crippen LogP contribution in [0.2, 0.25) is 0 Å². The SMILES string of the molecule is COC1CC2(Cc3ccc(Br)cc3C2=O)CC1C. The number of ketones is 1. The maximum Gasteiger partial charge on any atom is 0.169 e. The number of carbonyl (C=O) groups is 1. The van der Waals surface area contributed by atoms with Crippen molar-refractivity contribution >= 4 is 21.7 Å². The van der Waals surface area contributed by atoms with Crippen molar-refractivity contribution in [3.05, 3.63) is 33.8 Å². The highest BCUT2D eigenvalue weighted by Crippen LogP contribution is 2.51. The summed E-state index contributed by atoms with van der Waals surface area (Å²) < 4.78 is 6.51. The molecule has 3 atom stereocenters. The Morgan fingerprint density at radius 3 is 2.83 bits per heavy atom. The zero-order valence-corrected chi connectivity index (χ0v) is 12.3. The van der Waals surface area contributed by atoms with Gasteiger partial charge in [0.25, 0.3) is 0 Å². The number of methoxy groups -OCH3 is 1. The summed E-state index contributed by atoms with van der Waals surface area (Å²) in [7, 11) is 1.75. The first-order valence-corrected chi connectivity index (χ1v) is 7.21. The number of halogens is 1. The van der Waals surface area contributed by atoms with Crippen LogP contribution in [-0.4, -0.2) is 19.0 Å². The average molecular weight is 309 g/mol. The number of hydrogen-bond donors (Lipinski definition) is 0. The topological polar surface area (TPSA) is 26.3 Å². The standard InChI is InChI=1S/C15H17BrO2/c1-9-6-15(8-13(9)18-2)7-10-3-4-11(16)5-12(10)14(15)17/h3-5,9,13H,6-8H2,1-2H3. The minimum absolute atomic E-state index is 0.191. The smallest absolute Gasteiger partial charge is 0.169 e. The molecule has 0 radical (unpaired) electrons. The van der Waals surface area contributed by atoms with Crippen molar-refractivity contribution in [2.24, 2.45) is 11.3 Å². The van der Waals surface area contributed by atoms with E-state index < -0.39 is 0 Å². The summed E-state index contributed by atoms with van der Waals surface area (Å²) in [6, 6.07) is 6.07. The zero-order chi connectivity index (χ0) is 12.9. The fourth-order valence-electron chi connectivity index (χ4n) is 3.71. The van der Waals surface area contributed by atoms with Crippen LogP contribution in [0.3, 0.4) is 0 Å². The summed E-state index contributed by atoms with van der Waals surface area (Å²) in [5.41, 5.74) is 1.92. The van der Waals surface area contributed by atoms with Crippen molar-refractivity contribution in [1.29, 1.82) is 0 Å². The quantitative estimate of drug-likeness (QED) is 0.792. The van der Waals surface area contributed by atoms with E-state index in [1.54, 1.807) is 7.11 Å². The second kappa shape index (κ2) is 4.17. The van der Waals surface area contributed by atoms with Crippen molar-refractivity contribution in [1.82, 2.24) is 0 Å². The van der Waals surface area contributed by atoms with E-state index in [9.17, 15) is 4.79 Å². The van der Waals surface area contributed by atoms with Crippen LogP contribution in [0, 0.1) is 11.3 Å². The molecule has 0 N–H and O–H groups in total. The molecule has 0 aromatic heterocycles. The second-order valence-corrected chi connectivity index (χ2v) is 6.66. The monoisotopic (exact) mass is 308 g/mol. The number of ether oxygens (including phenoxy) is 1. The molecular weight excluding hydrogens is 292 g/mol. The summed E-state index contributed by atoms with van der Waals surface area (Å²) in [4.78, 5) is 12.7. The van der Waals surface area contributed by atoms with Crippen LogP contribution in [0.15, 0.2) is 22.7 Å². The van der Waals surface area contributed by atoms with Gasteiger partial charge >= 0.3 is 0 Å². The molecule has 18 heavy (non-hydrogen) atoms. The van der Waals surface area contributed by atoms with Gasteiger partial charge in [-0.05, 0) is 42.9 Å². The van der Waals surface area contributed by atoms with E-state index in [0.29, 0.717) is 11.7 Å². The highest BCUT2D eigenvalue weighted by Gasteiger charge is 2.52. The van der Waals surface area contributed by atoms with Gasteiger partial charge in [-0.15, -0.1) is 0 Å². The molecule has 2 nitrogen and oxygen atoms in total. The number of rotatable bonds is 1. The Balaban J connectivity index is 1.98. The number of carbonyl (C=O) groups excluding carboxylic acids is 1. The number of benzene rings is 1. The zero-order valence-electron chi connectivity index (χ0n) is 10.7. The maximum atomic E-state index is 12.7. The van der Waals surface area contributed by atoms with Gasteiger partial charge in [-0.1, -0.05) is 28.9 Å². The molecule has 2 aliphatic carbocycles. The molecule has 2 aliphatic rings. The molecule has 3 rings (SSSR count). The molecule has 0 heterocycles. The second-order valence-electron chi connectivity index (χ2n) is 5.75. The Hall–Kier alpha value is -0.670. The molecule has 0 bridgehead atoms. The summed E-state index contributed by atoms with van der Waals surface area (Å²) in [5, 5.41) is 0. The first kappa shape index (κ1) is 12.4. The molecule has 1 saturated carbocycles. The summed E-state index contributed by atoms with van der Waals surface area (Å²) in [5.74, 6) is 0.793. The Kier molecular flexibility index (Phi) is 2.87. The van der Waals surface area contributed by atoms with Crippen molar-refractivity contribution in [3.63, 3.8) is 0 Å². The van der Waals surface area contributed by atoms with E-state index in [-0.39, 0.29) is 11.5 Å². The van der Waals surface area contributed by atoms with Gasteiger partial charge in [-0.3, -0.25) is 4.79 Å². The molecule has 0 saturated heterocycles. The van der Waals surface area contributed by atoms with Crippen molar-refractivity contribution in [2.75, 3.05) is 7.11 Å². The highest BCUT2D eigenvalue weighted by atomic mass is 79.9. The summed E-state index contributed by atoms with van der Waals surface area (Å²) in [6.45, 7) is 2.19. The molecule has 1 aromatic rings. The lowest BCUT2D eigenvalue weighted by atomic mass is 9.81. The average Bonchev–Trinajstić information content (AvgIpc) is 2.80. The Labute approximate surface area is 116 Å². The normalized spacial score (nSPS) is 34.3. The Bertz CT molecular complexity index is 511. The molecule has 3 heteroatoms. The van der Waals surface area contributed by atoms with Gasteiger partial charge < -0.3 is 4.74 Å². The third-order valence-corrected chi connectivity index (χ3v) is 5.06. The van der Waals surface area contributed by atoms with E-state index in [1.807, 2.05) is 12.1 Å². The van der Waals surface area contributed by atoms with E-state index in [2.05, 4.69) is 28.9 Å². The first-order valence-electron chi connectivity index (χ1n) is 6.42. The lowest BCUT2D eigenvalue weighted by Gasteiger charge is -2.20. The molecule has 1 spiro atoms. The first-order chi connectivity index (χ1) is 8.55. The fraction of sp³-hybridized carbons (Fsp3) is 0.533. The number of hydrogen-bond acceptors (Lipinski definition) is 2. The van der Waals surface area contributed by atoms with Crippen LogP contribution in [-0.2, 0) is 11.2 Å². The van der Waals surface area contributed by atoms with Crippen LogP contribution >= 0.6 is 15.9 Å². The van der Waals surface area contributed by atoms with E-state index >= 15 is 0 Å². The van der Waals surface area contributed by atoms with E-state index in [0.717, 1.165) is 29.3 Å². The molecule has 96 valence electrons. The van der Waals surface area contributed by atoms with Gasteiger partial charge in [0.15, 0.2) is 5.78 Å². The number of Topliss-reactive ketones (excluding diaryl/α,β-unsaturated/α-hetero) is 1. The van der Waals surface area contributed by atoms with Crippen LogP contribution < -0.4 is 0 Å². The summed E-state index contributed by atoms with van der Waals surface area (Å²) >= 11 is 3.45. The van der Waals surface area contributed by atoms with Crippen molar-refractivity contribution in [2.45, 2.75) is 32.3 Å². The van der Waals surface area contributed by atoms with Crippen molar-refractivity contribution in [3.8, 4) is 0 Å². The van der Waals surface area contributed by atoms with Gasteiger partial charge in [0.1, 0.15) is 0 Å².